The number of carbonyl (C=O) groups excluding carboxylic acids is 1. The van der Waals surface area contributed by atoms with E-state index >= 15 is 0 Å². The Morgan fingerprint density at radius 2 is 1.89 bits per heavy atom. The average Bonchev–Trinajstić information content (AvgIpc) is 2.63. The summed E-state index contributed by atoms with van der Waals surface area (Å²) in [5.74, 6) is -0.820. The number of morpholine rings is 1. The normalized spacial score (nSPS) is 17.4. The van der Waals surface area contributed by atoms with Gasteiger partial charge < -0.3 is 10.1 Å². The van der Waals surface area contributed by atoms with E-state index in [0.29, 0.717) is 19.6 Å². The Balaban J connectivity index is 2.25. The maximum absolute atomic E-state index is 12.8. The van der Waals surface area contributed by atoms with E-state index in [1.54, 1.807) is 6.92 Å². The van der Waals surface area contributed by atoms with Crippen molar-refractivity contribution >= 4 is 43.1 Å². The van der Waals surface area contributed by atoms with Gasteiger partial charge in [-0.15, -0.1) is 0 Å². The molecule has 1 aliphatic heterocycles. The first-order chi connectivity index (χ1) is 12.6. The smallest absolute Gasteiger partial charge is 0.244 e. The minimum Gasteiger partial charge on any atom is -0.379 e. The van der Waals surface area contributed by atoms with E-state index in [0.717, 1.165) is 0 Å². The molecule has 1 saturated heterocycles. The largest absolute Gasteiger partial charge is 0.379 e. The lowest BCUT2D eigenvalue weighted by atomic mass is 10.3. The van der Waals surface area contributed by atoms with Crippen molar-refractivity contribution in [2.75, 3.05) is 37.4 Å². The molecule has 1 unspecified atom stereocenters. The van der Waals surface area contributed by atoms with E-state index in [-0.39, 0.29) is 34.4 Å². The Morgan fingerprint density at radius 3 is 2.48 bits per heavy atom. The maximum atomic E-state index is 12.8. The van der Waals surface area contributed by atoms with Gasteiger partial charge in [-0.3, -0.25) is 4.79 Å². The first-order valence-electron chi connectivity index (χ1n) is 8.49. The number of hydrogen-bond donors (Lipinski definition) is 1. The quantitative estimate of drug-likeness (QED) is 0.691. The van der Waals surface area contributed by atoms with Gasteiger partial charge in [0.2, 0.25) is 15.9 Å². The fourth-order valence-corrected chi connectivity index (χ4v) is 5.79. The Labute approximate surface area is 164 Å². The Morgan fingerprint density at radius 1 is 1.26 bits per heavy atom. The number of nitrogens with one attached hydrogen (secondary N) is 1. The number of sulfone groups is 1. The Kier molecular flexibility index (Phi) is 7.26. The van der Waals surface area contributed by atoms with Gasteiger partial charge in [-0.05, 0) is 31.5 Å². The van der Waals surface area contributed by atoms with Crippen LogP contribution in [0.4, 0.5) is 5.69 Å². The molecule has 8 nitrogen and oxygen atoms in total. The van der Waals surface area contributed by atoms with E-state index in [2.05, 4.69) is 5.32 Å². The van der Waals surface area contributed by atoms with Crippen LogP contribution in [-0.2, 0) is 29.4 Å². The van der Waals surface area contributed by atoms with Gasteiger partial charge in [-0.2, -0.15) is 4.31 Å². The Hall–Kier alpha value is -1.20. The summed E-state index contributed by atoms with van der Waals surface area (Å²) in [6.07, 6.45) is 0.406. The van der Waals surface area contributed by atoms with Crippen LogP contribution in [0.1, 0.15) is 20.3 Å². The molecule has 1 aliphatic rings. The molecule has 1 N–H and O–H groups in total. The molecule has 27 heavy (non-hydrogen) atoms. The zero-order chi connectivity index (χ0) is 20.2. The average molecular weight is 439 g/mol. The highest BCUT2D eigenvalue weighted by Crippen LogP contribution is 2.28. The number of halogens is 1. The monoisotopic (exact) mass is 438 g/mol. The molecule has 11 heteroatoms. The van der Waals surface area contributed by atoms with Gasteiger partial charge in [0.25, 0.3) is 0 Å². The number of benzene rings is 1. The lowest BCUT2D eigenvalue weighted by molar-refractivity contribution is -0.115. The molecule has 1 atom stereocenters. The fraction of sp³-hybridized carbons (Fsp3) is 0.562. The van der Waals surface area contributed by atoms with Crippen molar-refractivity contribution in [3.05, 3.63) is 23.2 Å². The van der Waals surface area contributed by atoms with E-state index in [1.165, 1.54) is 29.4 Å². The third-order valence-electron chi connectivity index (χ3n) is 4.18. The standard InChI is InChI=1S/C16H23ClN2O6S2/c1-3-10-26(21,22)12(2)16(20)18-13-4-5-14(17)15(11-13)27(23,24)19-6-8-25-9-7-19/h4-5,11-12H,3,6-10H2,1-2H3,(H,18,20). The molecule has 0 saturated carbocycles. The zero-order valence-electron chi connectivity index (χ0n) is 15.1. The predicted molar refractivity (Wildman–Crippen MR) is 103 cm³/mol. The summed E-state index contributed by atoms with van der Waals surface area (Å²) in [5, 5.41) is 1.24. The fourth-order valence-electron chi connectivity index (χ4n) is 2.57. The predicted octanol–water partition coefficient (Wildman–Crippen LogP) is 1.51. The van der Waals surface area contributed by atoms with Crippen LogP contribution in [0.5, 0.6) is 0 Å². The number of rotatable bonds is 7. The van der Waals surface area contributed by atoms with Crippen LogP contribution in [0.2, 0.25) is 5.02 Å². The van der Waals surface area contributed by atoms with Gasteiger partial charge >= 0.3 is 0 Å². The summed E-state index contributed by atoms with van der Waals surface area (Å²) in [7, 11) is -7.43. The van der Waals surface area contributed by atoms with Gasteiger partial charge in [-0.1, -0.05) is 18.5 Å². The first-order valence-corrected chi connectivity index (χ1v) is 12.0. The minimum atomic E-state index is -3.86. The lowest BCUT2D eigenvalue weighted by Crippen LogP contribution is -2.40. The summed E-state index contributed by atoms with van der Waals surface area (Å²) >= 11 is 6.07. The molecule has 1 fully saturated rings. The number of carbonyl (C=O) groups is 1. The number of amides is 1. The number of ether oxygens (including phenoxy) is 1. The van der Waals surface area contributed by atoms with Crippen LogP contribution in [-0.4, -0.2) is 64.4 Å². The highest BCUT2D eigenvalue weighted by Gasteiger charge is 2.30. The second-order valence-electron chi connectivity index (χ2n) is 6.16. The highest BCUT2D eigenvalue weighted by molar-refractivity contribution is 7.92. The van der Waals surface area contributed by atoms with Gasteiger partial charge in [-0.25, -0.2) is 16.8 Å². The summed E-state index contributed by atoms with van der Waals surface area (Å²) in [5.41, 5.74) is 0.162. The molecule has 2 rings (SSSR count). The summed E-state index contributed by atoms with van der Waals surface area (Å²) in [4.78, 5) is 12.1. The van der Waals surface area contributed by atoms with Crippen molar-refractivity contribution in [2.24, 2.45) is 0 Å². The zero-order valence-corrected chi connectivity index (χ0v) is 17.5. The van der Waals surface area contributed by atoms with Crippen molar-refractivity contribution in [3.8, 4) is 0 Å². The molecule has 1 aromatic carbocycles. The molecule has 1 heterocycles. The molecular formula is C16H23ClN2O6S2. The molecule has 0 spiro atoms. The molecular weight excluding hydrogens is 416 g/mol. The SMILES string of the molecule is CCCS(=O)(=O)C(C)C(=O)Nc1ccc(Cl)c(S(=O)(=O)N2CCOCC2)c1. The molecule has 1 aromatic rings. The van der Waals surface area contributed by atoms with Gasteiger partial charge in [0.15, 0.2) is 9.84 Å². The van der Waals surface area contributed by atoms with Crippen LogP contribution in [0, 0.1) is 0 Å². The lowest BCUT2D eigenvalue weighted by Gasteiger charge is -2.26. The van der Waals surface area contributed by atoms with Crippen LogP contribution in [0.25, 0.3) is 0 Å². The van der Waals surface area contributed by atoms with Crippen LogP contribution in [0.15, 0.2) is 23.1 Å². The summed E-state index contributed by atoms with van der Waals surface area (Å²) in [6, 6.07) is 4.03. The number of anilines is 1. The molecule has 152 valence electrons. The van der Waals surface area contributed by atoms with Crippen molar-refractivity contribution in [2.45, 2.75) is 30.4 Å². The van der Waals surface area contributed by atoms with Crippen LogP contribution in [0.3, 0.4) is 0 Å². The van der Waals surface area contributed by atoms with E-state index in [9.17, 15) is 21.6 Å². The van der Waals surface area contributed by atoms with Crippen molar-refractivity contribution in [3.63, 3.8) is 0 Å². The molecule has 0 aliphatic carbocycles. The van der Waals surface area contributed by atoms with Gasteiger partial charge in [0.1, 0.15) is 10.1 Å². The van der Waals surface area contributed by atoms with Gasteiger partial charge in [0.05, 0.1) is 24.0 Å². The van der Waals surface area contributed by atoms with Crippen molar-refractivity contribution < 1.29 is 26.4 Å². The third kappa shape index (κ3) is 5.20. The number of nitrogens with zero attached hydrogens (tertiary/aromatic N) is 1. The van der Waals surface area contributed by atoms with E-state index < -0.39 is 31.0 Å². The van der Waals surface area contributed by atoms with Gasteiger partial charge in [0, 0.05) is 18.8 Å². The number of hydrogen-bond acceptors (Lipinski definition) is 6. The number of sulfonamides is 1. The molecule has 1 amide bonds. The van der Waals surface area contributed by atoms with E-state index in [1.807, 2.05) is 0 Å². The highest BCUT2D eigenvalue weighted by atomic mass is 35.5. The first kappa shape index (κ1) is 22.1. The minimum absolute atomic E-state index is 0.0196. The van der Waals surface area contributed by atoms with Crippen molar-refractivity contribution in [1.29, 1.82) is 0 Å². The summed E-state index contributed by atoms with van der Waals surface area (Å²) < 4.78 is 56.1. The Bertz CT molecular complexity index is 895. The van der Waals surface area contributed by atoms with Crippen molar-refractivity contribution in [1.82, 2.24) is 4.31 Å². The molecule has 0 radical (unpaired) electrons. The van der Waals surface area contributed by atoms with Crippen LogP contribution < -0.4 is 5.32 Å². The topological polar surface area (TPSA) is 110 Å². The second-order valence-corrected chi connectivity index (χ2v) is 10.9. The van der Waals surface area contributed by atoms with Crippen LogP contribution >= 0.6 is 11.6 Å². The third-order valence-corrected chi connectivity index (χ3v) is 8.83. The maximum Gasteiger partial charge on any atom is 0.244 e. The van der Waals surface area contributed by atoms with E-state index in [4.69, 9.17) is 16.3 Å². The molecule has 0 bridgehead atoms. The second kappa shape index (κ2) is 8.87. The summed E-state index contributed by atoms with van der Waals surface area (Å²) in [6.45, 7) is 4.02. The molecule has 0 aromatic heterocycles.